The molecule has 1 aromatic heterocycles. The molecule has 32 heavy (non-hydrogen) atoms. The van der Waals surface area contributed by atoms with Crippen molar-refractivity contribution in [2.75, 3.05) is 6.54 Å². The summed E-state index contributed by atoms with van der Waals surface area (Å²) >= 11 is 0. The maximum absolute atomic E-state index is 12.3. The number of aromatic nitrogens is 1. The van der Waals surface area contributed by atoms with Crippen LogP contribution in [0.3, 0.4) is 0 Å². The summed E-state index contributed by atoms with van der Waals surface area (Å²) in [6, 6.07) is 10.6. The van der Waals surface area contributed by atoms with Gasteiger partial charge < -0.3 is 24.6 Å². The molecule has 0 saturated heterocycles. The van der Waals surface area contributed by atoms with Crippen molar-refractivity contribution in [1.29, 1.82) is 0 Å². The Morgan fingerprint density at radius 2 is 1.72 bits per heavy atom. The van der Waals surface area contributed by atoms with Gasteiger partial charge in [0.25, 0.3) is 0 Å². The van der Waals surface area contributed by atoms with Gasteiger partial charge >= 0.3 is 12.2 Å². The van der Waals surface area contributed by atoms with Crippen molar-refractivity contribution in [3.63, 3.8) is 0 Å². The van der Waals surface area contributed by atoms with Gasteiger partial charge in [-0.3, -0.25) is 4.57 Å². The molecule has 2 N–H and O–H groups in total. The zero-order valence-corrected chi connectivity index (χ0v) is 19.7. The summed E-state index contributed by atoms with van der Waals surface area (Å²) in [5.74, 6) is 0.554. The standard InChI is InChI=1S/C24H34N2O6/c1-23(2,3)31-21(28)25-13-12-20(27)17-9-7-11-19(15-17)30-16-18-10-8-14-26(18)22(29)32-24(4,5)6/h7-11,14-15,20,27H,12-13,16H2,1-6H3,(H,25,28)/t20-/m1/s1. The van der Waals surface area contributed by atoms with Crippen LogP contribution in [0.2, 0.25) is 0 Å². The SMILES string of the molecule is CC(C)(C)OC(=O)NCC[C@@H](O)c1cccc(OCc2cccn2C(=O)OC(C)(C)C)c1. The Morgan fingerprint density at radius 1 is 1.03 bits per heavy atom. The van der Waals surface area contributed by atoms with E-state index >= 15 is 0 Å². The van der Waals surface area contributed by atoms with Gasteiger partial charge in [0.1, 0.15) is 23.6 Å². The Balaban J connectivity index is 1.91. The Bertz CT molecular complexity index is 908. The van der Waals surface area contributed by atoms with E-state index in [2.05, 4.69) is 5.32 Å². The molecule has 0 bridgehead atoms. The first-order valence-corrected chi connectivity index (χ1v) is 10.6. The molecule has 8 nitrogen and oxygen atoms in total. The number of aliphatic hydroxyl groups excluding tert-OH is 1. The van der Waals surface area contributed by atoms with Crippen LogP contribution in [0.15, 0.2) is 42.6 Å². The summed E-state index contributed by atoms with van der Waals surface area (Å²) < 4.78 is 17.8. The van der Waals surface area contributed by atoms with E-state index in [9.17, 15) is 14.7 Å². The summed E-state index contributed by atoms with van der Waals surface area (Å²) in [6.45, 7) is 11.2. The molecule has 0 aliphatic heterocycles. The minimum Gasteiger partial charge on any atom is -0.487 e. The van der Waals surface area contributed by atoms with Crippen molar-refractivity contribution in [3.8, 4) is 5.75 Å². The number of rotatable bonds is 7. The monoisotopic (exact) mass is 446 g/mol. The first-order chi connectivity index (χ1) is 14.8. The van der Waals surface area contributed by atoms with E-state index in [1.54, 1.807) is 63.4 Å². The minimum atomic E-state index is -0.779. The molecular weight excluding hydrogens is 412 g/mol. The number of nitrogens with zero attached hydrogens (tertiary/aromatic N) is 1. The third-order valence-electron chi connectivity index (χ3n) is 4.14. The van der Waals surface area contributed by atoms with Crippen LogP contribution in [0, 0.1) is 0 Å². The summed E-state index contributed by atoms with van der Waals surface area (Å²) in [7, 11) is 0. The van der Waals surface area contributed by atoms with Crippen molar-refractivity contribution in [1.82, 2.24) is 9.88 Å². The van der Waals surface area contributed by atoms with Gasteiger partial charge in [0, 0.05) is 12.7 Å². The average Bonchev–Trinajstić information content (AvgIpc) is 3.12. The molecule has 0 aliphatic rings. The van der Waals surface area contributed by atoms with Gasteiger partial charge in [-0.1, -0.05) is 12.1 Å². The lowest BCUT2D eigenvalue weighted by atomic mass is 10.1. The van der Waals surface area contributed by atoms with Gasteiger partial charge in [0.15, 0.2) is 0 Å². The first kappa shape index (κ1) is 25.3. The van der Waals surface area contributed by atoms with Crippen LogP contribution in [0.4, 0.5) is 9.59 Å². The van der Waals surface area contributed by atoms with Crippen molar-refractivity contribution < 1.29 is 28.9 Å². The van der Waals surface area contributed by atoms with Crippen LogP contribution in [-0.4, -0.2) is 39.6 Å². The average molecular weight is 447 g/mol. The van der Waals surface area contributed by atoms with Gasteiger partial charge in [0.05, 0.1) is 11.8 Å². The van der Waals surface area contributed by atoms with Crippen LogP contribution in [0.1, 0.15) is 65.3 Å². The lowest BCUT2D eigenvalue weighted by molar-refractivity contribution is 0.0510. The third-order valence-corrected chi connectivity index (χ3v) is 4.14. The van der Waals surface area contributed by atoms with Crippen LogP contribution in [-0.2, 0) is 16.1 Å². The highest BCUT2D eigenvalue weighted by Crippen LogP contribution is 2.22. The molecular formula is C24H34N2O6. The number of amides is 1. The number of nitrogens with one attached hydrogen (secondary N) is 1. The first-order valence-electron chi connectivity index (χ1n) is 10.6. The van der Waals surface area contributed by atoms with Gasteiger partial charge in [0.2, 0.25) is 0 Å². The minimum absolute atomic E-state index is 0.159. The number of hydrogen-bond donors (Lipinski definition) is 2. The van der Waals surface area contributed by atoms with Crippen LogP contribution >= 0.6 is 0 Å². The molecule has 0 spiro atoms. The fourth-order valence-electron chi connectivity index (χ4n) is 2.78. The predicted octanol–water partition coefficient (Wildman–Crippen LogP) is 4.80. The second-order valence-corrected chi connectivity index (χ2v) is 9.44. The van der Waals surface area contributed by atoms with Gasteiger partial charge in [-0.2, -0.15) is 0 Å². The van der Waals surface area contributed by atoms with Crippen molar-refractivity contribution in [2.24, 2.45) is 0 Å². The fourth-order valence-corrected chi connectivity index (χ4v) is 2.78. The van der Waals surface area contributed by atoms with Gasteiger partial charge in [-0.05, 0) is 77.8 Å². The Hall–Kier alpha value is -3.00. The highest BCUT2D eigenvalue weighted by atomic mass is 16.6. The van der Waals surface area contributed by atoms with Crippen molar-refractivity contribution in [3.05, 3.63) is 53.9 Å². The van der Waals surface area contributed by atoms with E-state index in [0.717, 1.165) is 0 Å². The highest BCUT2D eigenvalue weighted by molar-refractivity contribution is 5.72. The molecule has 0 radical (unpaired) electrons. The largest absolute Gasteiger partial charge is 0.487 e. The molecule has 1 aromatic carbocycles. The number of hydrogen-bond acceptors (Lipinski definition) is 6. The maximum Gasteiger partial charge on any atom is 0.418 e. The molecule has 1 heterocycles. The molecule has 0 unspecified atom stereocenters. The van der Waals surface area contributed by atoms with E-state index in [0.29, 0.717) is 23.4 Å². The second-order valence-electron chi connectivity index (χ2n) is 9.44. The predicted molar refractivity (Wildman–Crippen MR) is 121 cm³/mol. The van der Waals surface area contributed by atoms with E-state index in [-0.39, 0.29) is 13.2 Å². The molecule has 1 amide bonds. The van der Waals surface area contributed by atoms with Crippen LogP contribution in [0.5, 0.6) is 5.75 Å². The number of ether oxygens (including phenoxy) is 3. The third kappa shape index (κ3) is 8.63. The van der Waals surface area contributed by atoms with Gasteiger partial charge in [-0.25, -0.2) is 9.59 Å². The Kier molecular flexibility index (Phi) is 8.32. The zero-order chi connectivity index (χ0) is 23.9. The fraction of sp³-hybridized carbons (Fsp3) is 0.500. The molecule has 0 saturated carbocycles. The van der Waals surface area contributed by atoms with Crippen molar-refractivity contribution >= 4 is 12.2 Å². The number of aliphatic hydroxyl groups is 1. The van der Waals surface area contributed by atoms with E-state index in [1.807, 2.05) is 20.8 Å². The van der Waals surface area contributed by atoms with Crippen LogP contribution < -0.4 is 10.1 Å². The molecule has 0 fully saturated rings. The second kappa shape index (κ2) is 10.5. The summed E-state index contributed by atoms with van der Waals surface area (Å²) in [4.78, 5) is 24.0. The number of alkyl carbamates (subject to hydrolysis) is 1. The molecule has 1 atom stereocenters. The molecule has 8 heteroatoms. The van der Waals surface area contributed by atoms with E-state index < -0.39 is 29.5 Å². The molecule has 2 rings (SSSR count). The lowest BCUT2D eigenvalue weighted by Gasteiger charge is -2.20. The summed E-state index contributed by atoms with van der Waals surface area (Å²) in [5, 5.41) is 13.1. The van der Waals surface area contributed by atoms with Crippen molar-refractivity contribution in [2.45, 2.75) is 71.9 Å². The van der Waals surface area contributed by atoms with Gasteiger partial charge in [-0.15, -0.1) is 0 Å². The quantitative estimate of drug-likeness (QED) is 0.634. The summed E-state index contributed by atoms with van der Waals surface area (Å²) in [5.41, 5.74) is 0.141. The zero-order valence-electron chi connectivity index (χ0n) is 19.7. The smallest absolute Gasteiger partial charge is 0.418 e. The highest BCUT2D eigenvalue weighted by Gasteiger charge is 2.20. The molecule has 2 aromatic rings. The molecule has 0 aliphatic carbocycles. The number of carbonyl (C=O) groups excluding carboxylic acids is 2. The lowest BCUT2D eigenvalue weighted by Crippen LogP contribution is -2.33. The molecule has 176 valence electrons. The topological polar surface area (TPSA) is 99.0 Å². The van der Waals surface area contributed by atoms with Crippen LogP contribution in [0.25, 0.3) is 0 Å². The number of carbonyl (C=O) groups is 2. The normalized spacial score (nSPS) is 12.7. The van der Waals surface area contributed by atoms with E-state index in [1.165, 1.54) is 4.57 Å². The van der Waals surface area contributed by atoms with E-state index in [4.69, 9.17) is 14.2 Å². The Morgan fingerprint density at radius 3 is 2.38 bits per heavy atom. The number of benzene rings is 1. The maximum atomic E-state index is 12.3. The Labute approximate surface area is 189 Å². The summed E-state index contributed by atoms with van der Waals surface area (Å²) in [6.07, 6.45) is 0.186.